The van der Waals surface area contributed by atoms with Crippen molar-refractivity contribution in [2.75, 3.05) is 13.2 Å². The van der Waals surface area contributed by atoms with Crippen molar-refractivity contribution in [3.63, 3.8) is 0 Å². The van der Waals surface area contributed by atoms with Gasteiger partial charge < -0.3 is 14.2 Å². The lowest BCUT2D eigenvalue weighted by molar-refractivity contribution is -0.167. The van der Waals surface area contributed by atoms with E-state index < -0.39 is 6.10 Å². The van der Waals surface area contributed by atoms with E-state index in [1.54, 1.807) is 0 Å². The molecule has 0 fully saturated rings. The molecule has 440 valence electrons. The summed E-state index contributed by atoms with van der Waals surface area (Å²) < 4.78 is 16.8. The van der Waals surface area contributed by atoms with Crippen molar-refractivity contribution in [2.45, 2.75) is 309 Å². The molecule has 0 heterocycles. The predicted octanol–water partition coefficient (Wildman–Crippen LogP) is 22.2. The number of hydrogen-bond acceptors (Lipinski definition) is 6. The Hall–Kier alpha value is -3.93. The minimum atomic E-state index is -0.785. The Morgan fingerprint density at radius 2 is 0.506 bits per heavy atom. The Labute approximate surface area is 476 Å². The van der Waals surface area contributed by atoms with Gasteiger partial charge in [0, 0.05) is 19.3 Å². The predicted molar refractivity (Wildman–Crippen MR) is 334 cm³/mol. The molecule has 0 N–H and O–H groups in total. The molecule has 1 atom stereocenters. The lowest BCUT2D eigenvalue weighted by atomic mass is 10.0. The van der Waals surface area contributed by atoms with Gasteiger partial charge in [0.2, 0.25) is 0 Å². The second kappa shape index (κ2) is 64.6. The fourth-order valence-corrected chi connectivity index (χ4v) is 8.99. The number of carbonyl (C=O) groups is 3. The summed E-state index contributed by atoms with van der Waals surface area (Å²) in [6.45, 7) is 6.33. The first-order valence-electron chi connectivity index (χ1n) is 32.4. The van der Waals surface area contributed by atoms with Crippen LogP contribution in [-0.2, 0) is 28.6 Å². The van der Waals surface area contributed by atoms with E-state index in [1.807, 2.05) is 0 Å². The molecule has 1 unspecified atom stereocenters. The van der Waals surface area contributed by atoms with Gasteiger partial charge in [0.25, 0.3) is 0 Å². The number of carbonyl (C=O) groups excluding carboxylic acids is 3. The van der Waals surface area contributed by atoms with Crippen LogP contribution in [0.25, 0.3) is 0 Å². The highest BCUT2D eigenvalue weighted by Gasteiger charge is 2.19. The third-order valence-corrected chi connectivity index (χ3v) is 13.8. The Morgan fingerprint density at radius 1 is 0.273 bits per heavy atom. The molecule has 0 bridgehead atoms. The number of esters is 3. The van der Waals surface area contributed by atoms with Crippen molar-refractivity contribution >= 4 is 17.9 Å². The molecule has 0 aliphatic rings. The first kappa shape index (κ1) is 73.1. The second-order valence-corrected chi connectivity index (χ2v) is 21.3. The molecule has 0 aromatic rings. The van der Waals surface area contributed by atoms with Crippen LogP contribution < -0.4 is 0 Å². The number of hydrogen-bond donors (Lipinski definition) is 0. The van der Waals surface area contributed by atoms with Crippen molar-refractivity contribution < 1.29 is 28.6 Å². The first-order valence-corrected chi connectivity index (χ1v) is 32.4. The van der Waals surface area contributed by atoms with Gasteiger partial charge in [0.15, 0.2) is 6.10 Å². The third kappa shape index (κ3) is 62.8. The molecule has 0 rings (SSSR count). The van der Waals surface area contributed by atoms with E-state index >= 15 is 0 Å². The average Bonchev–Trinajstić information content (AvgIpc) is 3.43. The largest absolute Gasteiger partial charge is 0.462 e. The zero-order valence-corrected chi connectivity index (χ0v) is 50.4. The molecule has 0 aliphatic heterocycles. The standard InChI is InChI=1S/C71H120O6/c1-4-7-10-13-15-17-19-21-23-25-27-29-30-31-32-33-34-35-36-37-38-39-40-42-43-45-47-49-51-53-55-58-61-64-70(73)76-67-68(66-75-69(72)63-60-57-12-9-6-3)77-71(74)65-62-59-56-54-52-50-48-46-44-41-28-26-24-22-20-18-16-14-11-8-5-2/h7-8,10-11,15-18,21-24,27-29,41,46,48,68H,4-6,9,12-14,19-20,25-26,30-40,42-45,47,49-67H2,1-3H3/b10-7-,11-8-,17-15-,18-16-,23-21-,24-22-,29-27-,41-28-,48-46-. The van der Waals surface area contributed by atoms with Crippen LogP contribution in [0, 0.1) is 0 Å². The molecule has 0 aliphatic carbocycles. The molecule has 0 radical (unpaired) electrons. The lowest BCUT2D eigenvalue weighted by Gasteiger charge is -2.18. The van der Waals surface area contributed by atoms with E-state index in [0.29, 0.717) is 19.3 Å². The Morgan fingerprint density at radius 3 is 0.792 bits per heavy atom. The van der Waals surface area contributed by atoms with E-state index in [0.717, 1.165) is 141 Å². The van der Waals surface area contributed by atoms with Gasteiger partial charge in [-0.15, -0.1) is 0 Å². The minimum Gasteiger partial charge on any atom is -0.462 e. The summed E-state index contributed by atoms with van der Waals surface area (Å²) in [5, 5.41) is 0. The quantitative estimate of drug-likeness (QED) is 0.0261. The first-order chi connectivity index (χ1) is 38.0. The highest BCUT2D eigenvalue weighted by molar-refractivity contribution is 5.71. The van der Waals surface area contributed by atoms with Crippen LogP contribution in [0.4, 0.5) is 0 Å². The van der Waals surface area contributed by atoms with Crippen molar-refractivity contribution in [1.82, 2.24) is 0 Å². The van der Waals surface area contributed by atoms with E-state index in [4.69, 9.17) is 14.2 Å². The molecule has 6 nitrogen and oxygen atoms in total. The fraction of sp³-hybridized carbons (Fsp3) is 0.704. The van der Waals surface area contributed by atoms with Crippen molar-refractivity contribution in [2.24, 2.45) is 0 Å². The number of unbranched alkanes of at least 4 members (excludes halogenated alkanes) is 29. The van der Waals surface area contributed by atoms with Crippen LogP contribution >= 0.6 is 0 Å². The molecular weight excluding hydrogens is 949 g/mol. The molecule has 6 heteroatoms. The van der Waals surface area contributed by atoms with Crippen LogP contribution in [0.3, 0.4) is 0 Å². The normalized spacial score (nSPS) is 12.8. The minimum absolute atomic E-state index is 0.0839. The van der Waals surface area contributed by atoms with E-state index in [-0.39, 0.29) is 31.1 Å². The smallest absolute Gasteiger partial charge is 0.306 e. The van der Waals surface area contributed by atoms with Crippen molar-refractivity contribution in [1.29, 1.82) is 0 Å². The Bertz CT molecular complexity index is 1560. The summed E-state index contributed by atoms with van der Waals surface area (Å²) in [5.74, 6) is -0.910. The molecule has 0 saturated heterocycles. The van der Waals surface area contributed by atoms with Gasteiger partial charge in [-0.1, -0.05) is 291 Å². The van der Waals surface area contributed by atoms with E-state index in [2.05, 4.69) is 130 Å². The summed E-state index contributed by atoms with van der Waals surface area (Å²) in [7, 11) is 0. The van der Waals surface area contributed by atoms with Gasteiger partial charge in [0.1, 0.15) is 13.2 Å². The zero-order valence-electron chi connectivity index (χ0n) is 50.4. The van der Waals surface area contributed by atoms with Crippen LogP contribution in [0.2, 0.25) is 0 Å². The van der Waals surface area contributed by atoms with E-state index in [9.17, 15) is 14.4 Å². The topological polar surface area (TPSA) is 78.9 Å². The zero-order chi connectivity index (χ0) is 55.7. The van der Waals surface area contributed by atoms with Crippen LogP contribution in [0.1, 0.15) is 303 Å². The molecule has 0 aromatic heterocycles. The van der Waals surface area contributed by atoms with Crippen molar-refractivity contribution in [3.05, 3.63) is 109 Å². The van der Waals surface area contributed by atoms with Gasteiger partial charge >= 0.3 is 17.9 Å². The SMILES string of the molecule is CC/C=C\C/C=C\C/C=C\C/C=C\C/C=C\CCCCCCCC(=O)OC(COC(=O)CCCCCCC)COC(=O)CCCCCCCCCCCCCCCCCCCCCC/C=C\C/C=C\C/C=C\C/C=C\CC. The summed E-state index contributed by atoms with van der Waals surface area (Å²) in [5.41, 5.74) is 0. The summed E-state index contributed by atoms with van der Waals surface area (Å²) in [6, 6.07) is 0. The highest BCUT2D eigenvalue weighted by Crippen LogP contribution is 2.17. The Kier molecular flexibility index (Phi) is 61.3. The van der Waals surface area contributed by atoms with Gasteiger partial charge in [-0.2, -0.15) is 0 Å². The van der Waals surface area contributed by atoms with Crippen LogP contribution in [0.15, 0.2) is 109 Å². The molecule has 77 heavy (non-hydrogen) atoms. The lowest BCUT2D eigenvalue weighted by Crippen LogP contribution is -2.30. The maximum atomic E-state index is 12.8. The molecule has 0 spiro atoms. The maximum absolute atomic E-state index is 12.8. The van der Waals surface area contributed by atoms with Gasteiger partial charge in [0.05, 0.1) is 0 Å². The molecule has 0 saturated carbocycles. The number of rotatable bonds is 58. The van der Waals surface area contributed by atoms with Crippen LogP contribution in [0.5, 0.6) is 0 Å². The van der Waals surface area contributed by atoms with Gasteiger partial charge in [-0.3, -0.25) is 14.4 Å². The monoisotopic (exact) mass is 1070 g/mol. The highest BCUT2D eigenvalue weighted by atomic mass is 16.6. The van der Waals surface area contributed by atoms with E-state index in [1.165, 1.54) is 122 Å². The van der Waals surface area contributed by atoms with Gasteiger partial charge in [-0.05, 0) is 103 Å². The average molecular weight is 1070 g/mol. The van der Waals surface area contributed by atoms with Gasteiger partial charge in [-0.25, -0.2) is 0 Å². The van der Waals surface area contributed by atoms with Crippen molar-refractivity contribution in [3.8, 4) is 0 Å². The Balaban J connectivity index is 3.99. The van der Waals surface area contributed by atoms with Crippen LogP contribution in [-0.4, -0.2) is 37.2 Å². The summed E-state index contributed by atoms with van der Waals surface area (Å²) >= 11 is 0. The molecular formula is C71H120O6. The number of ether oxygens (including phenoxy) is 3. The third-order valence-electron chi connectivity index (χ3n) is 13.8. The molecule has 0 amide bonds. The molecule has 0 aromatic carbocycles. The number of allylic oxidation sites excluding steroid dienone is 18. The summed E-state index contributed by atoms with van der Waals surface area (Å²) in [4.78, 5) is 37.9. The summed E-state index contributed by atoms with van der Waals surface area (Å²) in [6.07, 6.45) is 88.7. The fourth-order valence-electron chi connectivity index (χ4n) is 8.99. The second-order valence-electron chi connectivity index (χ2n) is 21.3. The maximum Gasteiger partial charge on any atom is 0.306 e.